The second-order valence-corrected chi connectivity index (χ2v) is 5.31. The minimum Gasteiger partial charge on any atom is -0.481 e. The average Bonchev–Trinajstić information content (AvgIpc) is 2.80. The highest BCUT2D eigenvalue weighted by molar-refractivity contribution is 14.1. The fraction of sp³-hybridized carbons (Fsp3) is 0.583. The molecule has 1 heterocycles. The number of halogens is 1. The van der Waals surface area contributed by atoms with Gasteiger partial charge in [0.05, 0.1) is 7.11 Å². The van der Waals surface area contributed by atoms with Gasteiger partial charge in [0.25, 0.3) is 0 Å². The van der Waals surface area contributed by atoms with Gasteiger partial charge in [-0.1, -0.05) is 12.8 Å². The van der Waals surface area contributed by atoms with Gasteiger partial charge < -0.3 is 10.1 Å². The average molecular weight is 332 g/mol. The lowest BCUT2D eigenvalue weighted by atomic mass is 10.2. The van der Waals surface area contributed by atoms with Crippen molar-refractivity contribution in [2.75, 3.05) is 7.11 Å². The van der Waals surface area contributed by atoms with Crippen molar-refractivity contribution in [2.45, 2.75) is 38.3 Å². The molecule has 2 rings (SSSR count). The zero-order valence-electron chi connectivity index (χ0n) is 9.50. The number of pyridine rings is 1. The molecule has 1 aromatic heterocycles. The summed E-state index contributed by atoms with van der Waals surface area (Å²) in [5.41, 5.74) is 1.18. The minimum atomic E-state index is 0.681. The maximum absolute atomic E-state index is 5.29. The Morgan fingerprint density at radius 2 is 2.25 bits per heavy atom. The van der Waals surface area contributed by atoms with Crippen LogP contribution in [-0.2, 0) is 6.54 Å². The molecule has 0 bridgehead atoms. The van der Waals surface area contributed by atoms with Crippen molar-refractivity contribution < 1.29 is 4.74 Å². The van der Waals surface area contributed by atoms with Crippen molar-refractivity contribution >= 4 is 22.6 Å². The molecule has 0 atom stereocenters. The first-order chi connectivity index (χ1) is 7.81. The van der Waals surface area contributed by atoms with E-state index in [1.54, 1.807) is 13.3 Å². The van der Waals surface area contributed by atoms with Crippen molar-refractivity contribution in [3.05, 3.63) is 21.4 Å². The van der Waals surface area contributed by atoms with Crippen molar-refractivity contribution in [1.29, 1.82) is 0 Å². The van der Waals surface area contributed by atoms with Gasteiger partial charge in [-0.15, -0.1) is 0 Å². The Kier molecular flexibility index (Phi) is 4.40. The number of nitrogens with one attached hydrogen (secondary N) is 1. The highest BCUT2D eigenvalue weighted by atomic mass is 127. The normalized spacial score (nSPS) is 16.6. The van der Waals surface area contributed by atoms with E-state index in [0.29, 0.717) is 6.04 Å². The highest BCUT2D eigenvalue weighted by Gasteiger charge is 2.16. The summed E-state index contributed by atoms with van der Waals surface area (Å²) < 4.78 is 6.50. The summed E-state index contributed by atoms with van der Waals surface area (Å²) in [7, 11) is 1.68. The standard InChI is InChI=1S/C12H17IN2O/c1-16-12-10(11(13)6-7-14-12)8-15-9-4-2-3-5-9/h6-7,9,15H,2-5,8H2,1H3. The molecule has 0 aliphatic heterocycles. The molecule has 1 saturated carbocycles. The Bertz CT molecular complexity index is 351. The monoisotopic (exact) mass is 332 g/mol. The molecule has 1 N–H and O–H groups in total. The van der Waals surface area contributed by atoms with Gasteiger partial charge in [-0.25, -0.2) is 4.98 Å². The van der Waals surface area contributed by atoms with Gasteiger partial charge in [0.15, 0.2) is 0 Å². The number of hydrogen-bond acceptors (Lipinski definition) is 3. The minimum absolute atomic E-state index is 0.681. The van der Waals surface area contributed by atoms with E-state index in [4.69, 9.17) is 4.74 Å². The largest absolute Gasteiger partial charge is 0.481 e. The molecule has 1 aliphatic carbocycles. The van der Waals surface area contributed by atoms with Crippen LogP contribution in [0.3, 0.4) is 0 Å². The molecule has 0 amide bonds. The molecule has 1 aromatic rings. The van der Waals surface area contributed by atoms with E-state index in [2.05, 4.69) is 32.9 Å². The van der Waals surface area contributed by atoms with Crippen LogP contribution in [0, 0.1) is 3.57 Å². The molecule has 4 heteroatoms. The summed E-state index contributed by atoms with van der Waals surface area (Å²) in [6, 6.07) is 2.70. The van der Waals surface area contributed by atoms with Gasteiger partial charge in [-0.2, -0.15) is 0 Å². The number of hydrogen-bond donors (Lipinski definition) is 1. The van der Waals surface area contributed by atoms with Gasteiger partial charge in [-0.3, -0.25) is 0 Å². The number of nitrogens with zero attached hydrogens (tertiary/aromatic N) is 1. The zero-order valence-corrected chi connectivity index (χ0v) is 11.7. The first-order valence-corrected chi connectivity index (χ1v) is 6.80. The van der Waals surface area contributed by atoms with E-state index < -0.39 is 0 Å². The molecule has 0 aromatic carbocycles. The Balaban J connectivity index is 2.01. The summed E-state index contributed by atoms with van der Waals surface area (Å²) in [4.78, 5) is 4.24. The van der Waals surface area contributed by atoms with Crippen LogP contribution < -0.4 is 10.1 Å². The molecule has 3 nitrogen and oxygen atoms in total. The van der Waals surface area contributed by atoms with Gasteiger partial charge in [0, 0.05) is 27.9 Å². The molecule has 0 unspecified atom stereocenters. The van der Waals surface area contributed by atoms with Crippen LogP contribution in [0.1, 0.15) is 31.2 Å². The van der Waals surface area contributed by atoms with Crippen LogP contribution in [0.5, 0.6) is 5.88 Å². The Morgan fingerprint density at radius 1 is 1.50 bits per heavy atom. The summed E-state index contributed by atoms with van der Waals surface area (Å²) in [6.45, 7) is 0.861. The van der Waals surface area contributed by atoms with E-state index in [0.717, 1.165) is 12.4 Å². The fourth-order valence-corrected chi connectivity index (χ4v) is 2.75. The third-order valence-electron chi connectivity index (χ3n) is 3.08. The van der Waals surface area contributed by atoms with E-state index in [9.17, 15) is 0 Å². The second kappa shape index (κ2) is 5.82. The number of aromatic nitrogens is 1. The van der Waals surface area contributed by atoms with Crippen molar-refractivity contribution in [1.82, 2.24) is 10.3 Å². The van der Waals surface area contributed by atoms with Gasteiger partial charge in [0.1, 0.15) is 0 Å². The molecule has 88 valence electrons. The molecule has 0 radical (unpaired) electrons. The van der Waals surface area contributed by atoms with Crippen LogP contribution in [0.25, 0.3) is 0 Å². The quantitative estimate of drug-likeness (QED) is 0.861. The third-order valence-corrected chi connectivity index (χ3v) is 4.09. The third kappa shape index (κ3) is 2.85. The van der Waals surface area contributed by atoms with Crippen LogP contribution in [0.15, 0.2) is 12.3 Å². The van der Waals surface area contributed by atoms with Crippen molar-refractivity contribution in [3.63, 3.8) is 0 Å². The summed E-state index contributed by atoms with van der Waals surface area (Å²) in [6.07, 6.45) is 7.12. The highest BCUT2D eigenvalue weighted by Crippen LogP contribution is 2.23. The predicted molar refractivity (Wildman–Crippen MR) is 72.6 cm³/mol. The number of ether oxygens (including phenoxy) is 1. The Labute approximate surface area is 110 Å². The molecular formula is C12H17IN2O. The topological polar surface area (TPSA) is 34.1 Å². The molecular weight excluding hydrogens is 315 g/mol. The maximum atomic E-state index is 5.29. The lowest BCUT2D eigenvalue weighted by Crippen LogP contribution is -2.26. The first-order valence-electron chi connectivity index (χ1n) is 5.72. The lowest BCUT2D eigenvalue weighted by molar-refractivity contribution is 0.387. The Hall–Kier alpha value is -0.360. The Morgan fingerprint density at radius 3 is 2.94 bits per heavy atom. The van der Waals surface area contributed by atoms with Gasteiger partial charge >= 0.3 is 0 Å². The van der Waals surface area contributed by atoms with Crippen LogP contribution >= 0.6 is 22.6 Å². The fourth-order valence-electron chi connectivity index (χ4n) is 2.16. The van der Waals surface area contributed by atoms with Crippen molar-refractivity contribution in [3.8, 4) is 5.88 Å². The lowest BCUT2D eigenvalue weighted by Gasteiger charge is -2.14. The van der Waals surface area contributed by atoms with Gasteiger partial charge in [0.2, 0.25) is 5.88 Å². The maximum Gasteiger partial charge on any atom is 0.218 e. The van der Waals surface area contributed by atoms with E-state index in [1.807, 2.05) is 6.07 Å². The smallest absolute Gasteiger partial charge is 0.218 e. The van der Waals surface area contributed by atoms with Gasteiger partial charge in [-0.05, 0) is 41.5 Å². The SMILES string of the molecule is COc1nccc(I)c1CNC1CCCC1. The van der Waals surface area contributed by atoms with E-state index >= 15 is 0 Å². The summed E-state index contributed by atoms with van der Waals surface area (Å²) in [5, 5.41) is 3.59. The summed E-state index contributed by atoms with van der Waals surface area (Å²) in [5.74, 6) is 0.748. The van der Waals surface area contributed by atoms with Crippen LogP contribution in [0.2, 0.25) is 0 Å². The second-order valence-electron chi connectivity index (χ2n) is 4.14. The molecule has 1 fully saturated rings. The molecule has 1 aliphatic rings. The van der Waals surface area contributed by atoms with E-state index in [-0.39, 0.29) is 0 Å². The molecule has 0 saturated heterocycles. The zero-order chi connectivity index (χ0) is 11.4. The predicted octanol–water partition coefficient (Wildman–Crippen LogP) is 2.73. The van der Waals surface area contributed by atoms with Crippen LogP contribution in [0.4, 0.5) is 0 Å². The first kappa shape index (κ1) is 12.1. The van der Waals surface area contributed by atoms with Crippen LogP contribution in [-0.4, -0.2) is 18.1 Å². The van der Waals surface area contributed by atoms with E-state index in [1.165, 1.54) is 34.8 Å². The number of rotatable bonds is 4. The number of methoxy groups -OCH3 is 1. The van der Waals surface area contributed by atoms with Crippen molar-refractivity contribution in [2.24, 2.45) is 0 Å². The molecule has 0 spiro atoms. The molecule has 16 heavy (non-hydrogen) atoms. The summed E-state index contributed by atoms with van der Waals surface area (Å²) >= 11 is 2.34.